The maximum absolute atomic E-state index is 12.1. The molecule has 0 aromatic heterocycles. The molecule has 0 amide bonds. The third-order valence-electron chi connectivity index (χ3n) is 3.10. The van der Waals surface area contributed by atoms with Crippen molar-refractivity contribution in [3.05, 3.63) is 41.5 Å². The summed E-state index contributed by atoms with van der Waals surface area (Å²) in [7, 11) is 1.65. The lowest BCUT2D eigenvalue weighted by Crippen LogP contribution is -2.07. The quantitative estimate of drug-likeness (QED) is 0.726. The average Bonchev–Trinajstić information content (AvgIpc) is 2.64. The minimum Gasteiger partial charge on any atom is -0.496 e. The van der Waals surface area contributed by atoms with Gasteiger partial charge < -0.3 is 4.74 Å². The summed E-state index contributed by atoms with van der Waals surface area (Å²) in [5.41, 5.74) is 1.92. The lowest BCUT2D eigenvalue weighted by atomic mass is 10.0. The predicted octanol–water partition coefficient (Wildman–Crippen LogP) is 3.02. The van der Waals surface area contributed by atoms with E-state index < -0.39 is 0 Å². The molecule has 2 rings (SSSR count). The zero-order valence-corrected chi connectivity index (χ0v) is 9.69. The number of carbonyl (C=O) groups is 1. The van der Waals surface area contributed by atoms with Gasteiger partial charge in [0.05, 0.1) is 7.11 Å². The summed E-state index contributed by atoms with van der Waals surface area (Å²) in [6, 6.07) is 5.70. The SMILES string of the molecule is CC=CCC1Cc2c(OC)cccc2C1=O. The first-order chi connectivity index (χ1) is 7.77. The van der Waals surface area contributed by atoms with E-state index in [2.05, 4.69) is 6.08 Å². The minimum atomic E-state index is 0.0995. The van der Waals surface area contributed by atoms with E-state index in [0.29, 0.717) is 0 Å². The van der Waals surface area contributed by atoms with E-state index in [4.69, 9.17) is 4.74 Å². The molecule has 0 saturated carbocycles. The summed E-state index contributed by atoms with van der Waals surface area (Å²) >= 11 is 0. The van der Waals surface area contributed by atoms with E-state index in [-0.39, 0.29) is 11.7 Å². The fourth-order valence-corrected chi connectivity index (χ4v) is 2.25. The van der Waals surface area contributed by atoms with Crippen molar-refractivity contribution in [1.29, 1.82) is 0 Å². The Morgan fingerprint density at radius 1 is 1.50 bits per heavy atom. The van der Waals surface area contributed by atoms with Crippen molar-refractivity contribution in [1.82, 2.24) is 0 Å². The molecule has 2 heteroatoms. The number of Topliss-reactive ketones (excluding diaryl/α,β-unsaturated/α-hetero) is 1. The molecule has 0 saturated heterocycles. The van der Waals surface area contributed by atoms with Crippen molar-refractivity contribution in [2.24, 2.45) is 5.92 Å². The smallest absolute Gasteiger partial charge is 0.166 e. The number of hydrogen-bond donors (Lipinski definition) is 0. The van der Waals surface area contributed by atoms with Gasteiger partial charge in [-0.15, -0.1) is 0 Å². The van der Waals surface area contributed by atoms with Crippen molar-refractivity contribution in [2.75, 3.05) is 7.11 Å². The molecule has 0 aliphatic heterocycles. The molecule has 1 unspecified atom stereocenters. The highest BCUT2D eigenvalue weighted by Gasteiger charge is 2.31. The molecule has 1 aliphatic carbocycles. The Hall–Kier alpha value is -1.57. The van der Waals surface area contributed by atoms with Gasteiger partial charge in [-0.05, 0) is 25.8 Å². The lowest BCUT2D eigenvalue weighted by Gasteiger charge is -2.05. The third-order valence-corrected chi connectivity index (χ3v) is 3.10. The van der Waals surface area contributed by atoms with Gasteiger partial charge in [-0.25, -0.2) is 0 Å². The maximum Gasteiger partial charge on any atom is 0.166 e. The number of rotatable bonds is 3. The summed E-state index contributed by atoms with van der Waals surface area (Å²) in [4.78, 5) is 12.1. The van der Waals surface area contributed by atoms with Crippen LogP contribution in [0, 0.1) is 5.92 Å². The highest BCUT2D eigenvalue weighted by Crippen LogP contribution is 2.35. The van der Waals surface area contributed by atoms with E-state index in [1.807, 2.05) is 31.2 Å². The number of methoxy groups -OCH3 is 1. The fraction of sp³-hybridized carbons (Fsp3) is 0.357. The number of ether oxygens (including phenoxy) is 1. The molecular formula is C14H16O2. The van der Waals surface area contributed by atoms with Gasteiger partial charge in [-0.2, -0.15) is 0 Å². The Morgan fingerprint density at radius 2 is 2.31 bits per heavy atom. The highest BCUT2D eigenvalue weighted by molar-refractivity contribution is 6.03. The van der Waals surface area contributed by atoms with Gasteiger partial charge in [-0.3, -0.25) is 4.79 Å². The second-order valence-corrected chi connectivity index (χ2v) is 4.06. The molecule has 84 valence electrons. The van der Waals surface area contributed by atoms with Crippen LogP contribution in [-0.2, 0) is 6.42 Å². The summed E-state index contributed by atoms with van der Waals surface area (Å²) < 4.78 is 5.29. The van der Waals surface area contributed by atoms with Gasteiger partial charge in [0.2, 0.25) is 0 Å². The first-order valence-electron chi connectivity index (χ1n) is 5.59. The molecule has 0 spiro atoms. The van der Waals surface area contributed by atoms with E-state index >= 15 is 0 Å². The number of hydrogen-bond acceptors (Lipinski definition) is 2. The topological polar surface area (TPSA) is 26.3 Å². The van der Waals surface area contributed by atoms with Crippen molar-refractivity contribution in [3.8, 4) is 5.75 Å². The first kappa shape index (κ1) is 10.9. The third kappa shape index (κ3) is 1.75. The molecule has 0 bridgehead atoms. The molecule has 0 N–H and O–H groups in total. The van der Waals surface area contributed by atoms with Crippen molar-refractivity contribution in [3.63, 3.8) is 0 Å². The number of allylic oxidation sites excluding steroid dienone is 2. The zero-order chi connectivity index (χ0) is 11.5. The van der Waals surface area contributed by atoms with E-state index in [1.54, 1.807) is 7.11 Å². The standard InChI is InChI=1S/C14H16O2/c1-3-4-6-10-9-12-11(14(10)15)7-5-8-13(12)16-2/h3-5,7-8,10H,6,9H2,1-2H3. The molecule has 1 aliphatic rings. The van der Waals surface area contributed by atoms with Crippen LogP contribution in [-0.4, -0.2) is 12.9 Å². The Morgan fingerprint density at radius 3 is 3.00 bits per heavy atom. The van der Waals surface area contributed by atoms with Crippen LogP contribution >= 0.6 is 0 Å². The molecule has 1 atom stereocenters. The first-order valence-corrected chi connectivity index (χ1v) is 5.59. The van der Waals surface area contributed by atoms with Gasteiger partial charge in [0.15, 0.2) is 5.78 Å². The van der Waals surface area contributed by atoms with Crippen LogP contribution in [0.25, 0.3) is 0 Å². The van der Waals surface area contributed by atoms with Crippen LogP contribution in [0.4, 0.5) is 0 Å². The molecule has 0 radical (unpaired) electrons. The molecule has 0 heterocycles. The van der Waals surface area contributed by atoms with Crippen LogP contribution in [0.15, 0.2) is 30.4 Å². The van der Waals surface area contributed by atoms with Crippen LogP contribution in [0.5, 0.6) is 5.75 Å². The molecule has 0 fully saturated rings. The molecule has 2 nitrogen and oxygen atoms in total. The molecule has 16 heavy (non-hydrogen) atoms. The predicted molar refractivity (Wildman–Crippen MR) is 63.9 cm³/mol. The Labute approximate surface area is 95.9 Å². The summed E-state index contributed by atoms with van der Waals surface area (Å²) in [5.74, 6) is 1.20. The van der Waals surface area contributed by atoms with Crippen LogP contribution in [0.3, 0.4) is 0 Å². The number of ketones is 1. The van der Waals surface area contributed by atoms with Gasteiger partial charge in [0.1, 0.15) is 5.75 Å². The molecular weight excluding hydrogens is 200 g/mol. The van der Waals surface area contributed by atoms with Gasteiger partial charge in [-0.1, -0.05) is 24.3 Å². The van der Waals surface area contributed by atoms with Crippen LogP contribution < -0.4 is 4.74 Å². The van der Waals surface area contributed by atoms with Crippen LogP contribution in [0.1, 0.15) is 29.3 Å². The number of benzene rings is 1. The minimum absolute atomic E-state index is 0.0995. The summed E-state index contributed by atoms with van der Waals surface area (Å²) in [5, 5.41) is 0. The lowest BCUT2D eigenvalue weighted by molar-refractivity contribution is 0.0938. The summed E-state index contributed by atoms with van der Waals surface area (Å²) in [6.07, 6.45) is 5.68. The van der Waals surface area contributed by atoms with Gasteiger partial charge in [0.25, 0.3) is 0 Å². The van der Waals surface area contributed by atoms with Crippen molar-refractivity contribution < 1.29 is 9.53 Å². The van der Waals surface area contributed by atoms with E-state index in [0.717, 1.165) is 29.7 Å². The van der Waals surface area contributed by atoms with Gasteiger partial charge >= 0.3 is 0 Å². The fourth-order valence-electron chi connectivity index (χ4n) is 2.25. The number of fused-ring (bicyclic) bond motifs is 1. The largest absolute Gasteiger partial charge is 0.496 e. The summed E-state index contributed by atoms with van der Waals surface area (Å²) in [6.45, 7) is 1.98. The Balaban J connectivity index is 2.30. The maximum atomic E-state index is 12.1. The highest BCUT2D eigenvalue weighted by atomic mass is 16.5. The van der Waals surface area contributed by atoms with Crippen molar-refractivity contribution >= 4 is 5.78 Å². The molecule has 1 aromatic carbocycles. The Bertz CT molecular complexity index is 432. The van der Waals surface area contributed by atoms with Crippen LogP contribution in [0.2, 0.25) is 0 Å². The zero-order valence-electron chi connectivity index (χ0n) is 9.69. The monoisotopic (exact) mass is 216 g/mol. The average molecular weight is 216 g/mol. The Kier molecular flexibility index (Phi) is 3.09. The second-order valence-electron chi connectivity index (χ2n) is 4.06. The second kappa shape index (κ2) is 4.52. The van der Waals surface area contributed by atoms with E-state index in [9.17, 15) is 4.79 Å². The van der Waals surface area contributed by atoms with Crippen molar-refractivity contribution in [2.45, 2.75) is 19.8 Å². The van der Waals surface area contributed by atoms with E-state index in [1.165, 1.54) is 0 Å². The van der Waals surface area contributed by atoms with Gasteiger partial charge in [0, 0.05) is 17.0 Å². The number of carbonyl (C=O) groups excluding carboxylic acids is 1. The normalized spacial score (nSPS) is 19.1. The molecule has 1 aromatic rings.